The van der Waals surface area contributed by atoms with E-state index in [1.807, 2.05) is 36.4 Å². The van der Waals surface area contributed by atoms with Crippen LogP contribution in [0, 0.1) is 0 Å². The minimum Gasteiger partial charge on any atom is -0.349 e. The van der Waals surface area contributed by atoms with Crippen LogP contribution in [0.5, 0.6) is 0 Å². The number of carbonyl (C=O) groups is 1. The molecule has 0 aromatic heterocycles. The molecule has 0 N–H and O–H groups in total. The first-order valence-corrected chi connectivity index (χ1v) is 9.93. The van der Waals surface area contributed by atoms with E-state index in [-0.39, 0.29) is 5.91 Å². The van der Waals surface area contributed by atoms with E-state index >= 15 is 0 Å². The second-order valence-corrected chi connectivity index (χ2v) is 10.0. The van der Waals surface area contributed by atoms with E-state index in [0.29, 0.717) is 6.42 Å². The van der Waals surface area contributed by atoms with E-state index in [0.717, 1.165) is 6.16 Å². The van der Waals surface area contributed by atoms with Crippen LogP contribution in [0.3, 0.4) is 0 Å². The molecule has 0 unspecified atom stereocenters. The molecule has 0 aliphatic rings. The smallest absolute Gasteiger partial charge is 0.222 e. The molecule has 4 heteroatoms. The highest BCUT2D eigenvalue weighted by Gasteiger charge is 2.23. The van der Waals surface area contributed by atoms with Gasteiger partial charge in [0.25, 0.3) is 0 Å². The average molecular weight is 317 g/mol. The minimum atomic E-state index is -1.93. The summed E-state index contributed by atoms with van der Waals surface area (Å²) in [5.74, 6) is 0.135. The third-order valence-corrected chi connectivity index (χ3v) is 8.42. The van der Waals surface area contributed by atoms with Gasteiger partial charge in [-0.2, -0.15) is 0 Å². The third-order valence-electron chi connectivity index (χ3n) is 3.49. The Morgan fingerprint density at radius 3 is 1.76 bits per heavy atom. The van der Waals surface area contributed by atoms with Crippen LogP contribution in [0.15, 0.2) is 60.7 Å². The van der Waals surface area contributed by atoms with Gasteiger partial charge < -0.3 is 4.90 Å². The van der Waals surface area contributed by atoms with Gasteiger partial charge in [0, 0.05) is 26.6 Å². The second-order valence-electron chi connectivity index (χ2n) is 5.17. The van der Waals surface area contributed by atoms with Gasteiger partial charge in [-0.25, -0.2) is 0 Å². The molecule has 1 amide bonds. The lowest BCUT2D eigenvalue weighted by Crippen LogP contribution is -2.25. The first-order chi connectivity index (χ1) is 10.0. The van der Waals surface area contributed by atoms with E-state index in [2.05, 4.69) is 24.3 Å². The highest BCUT2D eigenvalue weighted by atomic mass is 32.4. The van der Waals surface area contributed by atoms with Crippen molar-refractivity contribution in [1.29, 1.82) is 0 Å². The molecular weight excluding hydrogens is 297 g/mol. The van der Waals surface area contributed by atoms with E-state index in [1.165, 1.54) is 10.6 Å². The van der Waals surface area contributed by atoms with E-state index < -0.39 is 6.04 Å². The van der Waals surface area contributed by atoms with Crippen LogP contribution in [0.4, 0.5) is 0 Å². The molecule has 0 heterocycles. The Kier molecular flexibility index (Phi) is 5.33. The highest BCUT2D eigenvalue weighted by molar-refractivity contribution is 8.21. The molecule has 21 heavy (non-hydrogen) atoms. The minimum absolute atomic E-state index is 0.135. The van der Waals surface area contributed by atoms with E-state index in [1.54, 1.807) is 19.0 Å². The molecule has 0 aliphatic carbocycles. The molecule has 2 aromatic rings. The van der Waals surface area contributed by atoms with Gasteiger partial charge >= 0.3 is 0 Å². The zero-order valence-electron chi connectivity index (χ0n) is 12.4. The number of nitrogens with zero attached hydrogens (tertiary/aromatic N) is 1. The first-order valence-electron chi connectivity index (χ1n) is 6.94. The number of hydrogen-bond donors (Lipinski definition) is 0. The zero-order chi connectivity index (χ0) is 15.3. The lowest BCUT2D eigenvalue weighted by Gasteiger charge is -2.24. The maximum absolute atomic E-state index is 11.9. The Morgan fingerprint density at radius 1 is 0.952 bits per heavy atom. The van der Waals surface area contributed by atoms with Crippen molar-refractivity contribution >= 4 is 34.4 Å². The normalized spacial score (nSPS) is 11.1. The first kappa shape index (κ1) is 15.9. The van der Waals surface area contributed by atoms with Crippen molar-refractivity contribution in [2.75, 3.05) is 20.3 Å². The maximum Gasteiger partial charge on any atom is 0.222 e. The molecule has 0 atom stereocenters. The predicted molar refractivity (Wildman–Crippen MR) is 94.6 cm³/mol. The number of amides is 1. The second kappa shape index (κ2) is 7.02. The summed E-state index contributed by atoms with van der Waals surface area (Å²) >= 11 is 6.08. The van der Waals surface area contributed by atoms with Crippen LogP contribution in [0.1, 0.15) is 6.42 Å². The summed E-state index contributed by atoms with van der Waals surface area (Å²) in [6.07, 6.45) is 1.22. The van der Waals surface area contributed by atoms with Gasteiger partial charge in [0.1, 0.15) is 0 Å². The molecule has 2 aromatic carbocycles. The van der Waals surface area contributed by atoms with Crippen LogP contribution in [-0.4, -0.2) is 31.1 Å². The standard InChI is InChI=1S/C17H20NOPS/c1-18(2)17(19)13-14-20(21,15-9-5-3-6-10-15)16-11-7-4-8-12-16/h3-12H,13-14H2,1-2H3. The highest BCUT2D eigenvalue weighted by Crippen LogP contribution is 2.44. The average Bonchev–Trinajstić information content (AvgIpc) is 2.53. The topological polar surface area (TPSA) is 20.3 Å². The third kappa shape index (κ3) is 3.81. The molecule has 0 saturated heterocycles. The Hall–Kier alpha value is -1.44. The maximum atomic E-state index is 11.9. The SMILES string of the molecule is CN(C)C(=O)CCP(=S)(c1ccccc1)c1ccccc1. The van der Waals surface area contributed by atoms with Crippen LogP contribution in [-0.2, 0) is 16.6 Å². The largest absolute Gasteiger partial charge is 0.349 e. The molecule has 0 bridgehead atoms. The van der Waals surface area contributed by atoms with Crippen molar-refractivity contribution < 1.29 is 4.79 Å². The Labute approximate surface area is 131 Å². The van der Waals surface area contributed by atoms with Crippen molar-refractivity contribution in [3.05, 3.63) is 60.7 Å². The Morgan fingerprint density at radius 2 is 1.38 bits per heavy atom. The number of benzene rings is 2. The van der Waals surface area contributed by atoms with Gasteiger partial charge in [-0.3, -0.25) is 4.79 Å². The Bertz CT molecular complexity index is 597. The van der Waals surface area contributed by atoms with Crippen molar-refractivity contribution in [1.82, 2.24) is 4.90 Å². The summed E-state index contributed by atoms with van der Waals surface area (Å²) in [7, 11) is 3.58. The van der Waals surface area contributed by atoms with Gasteiger partial charge in [-0.15, -0.1) is 0 Å². The monoisotopic (exact) mass is 317 g/mol. The predicted octanol–water partition coefficient (Wildman–Crippen LogP) is 2.60. The molecule has 0 fully saturated rings. The molecule has 0 saturated carbocycles. The Balaban J connectivity index is 2.36. The molecule has 2 nitrogen and oxygen atoms in total. The summed E-state index contributed by atoms with van der Waals surface area (Å²) in [5, 5.41) is 2.36. The van der Waals surface area contributed by atoms with Gasteiger partial charge in [0.15, 0.2) is 0 Å². The van der Waals surface area contributed by atoms with Crippen molar-refractivity contribution in [3.8, 4) is 0 Å². The van der Waals surface area contributed by atoms with E-state index in [9.17, 15) is 4.79 Å². The van der Waals surface area contributed by atoms with Crippen LogP contribution in [0.2, 0.25) is 0 Å². The molecule has 0 spiro atoms. The van der Waals surface area contributed by atoms with E-state index in [4.69, 9.17) is 11.8 Å². The summed E-state index contributed by atoms with van der Waals surface area (Å²) < 4.78 is 0. The number of rotatable bonds is 5. The van der Waals surface area contributed by atoms with Gasteiger partial charge in [-0.1, -0.05) is 72.5 Å². The summed E-state index contributed by atoms with van der Waals surface area (Å²) in [4.78, 5) is 13.6. The van der Waals surface area contributed by atoms with Crippen molar-refractivity contribution in [2.45, 2.75) is 6.42 Å². The fourth-order valence-electron chi connectivity index (χ4n) is 2.22. The molecular formula is C17H20NOPS. The molecule has 0 aliphatic heterocycles. The fourth-order valence-corrected chi connectivity index (χ4v) is 5.85. The fraction of sp³-hybridized carbons (Fsp3) is 0.235. The number of hydrogen-bond acceptors (Lipinski definition) is 2. The summed E-state index contributed by atoms with van der Waals surface area (Å²) in [6.45, 7) is 0. The van der Waals surface area contributed by atoms with Gasteiger partial charge in [0.05, 0.1) is 0 Å². The van der Waals surface area contributed by atoms with Crippen molar-refractivity contribution in [3.63, 3.8) is 0 Å². The summed E-state index contributed by atoms with van der Waals surface area (Å²) in [5.41, 5.74) is 0. The molecule has 2 rings (SSSR count). The van der Waals surface area contributed by atoms with Crippen LogP contribution in [0.25, 0.3) is 0 Å². The quantitative estimate of drug-likeness (QED) is 0.790. The lowest BCUT2D eigenvalue weighted by molar-refractivity contribution is -0.128. The summed E-state index contributed by atoms with van der Waals surface area (Å²) in [6, 6.07) is 18.5. The van der Waals surface area contributed by atoms with Crippen LogP contribution < -0.4 is 10.6 Å². The van der Waals surface area contributed by atoms with Crippen molar-refractivity contribution in [2.24, 2.45) is 0 Å². The zero-order valence-corrected chi connectivity index (χ0v) is 14.1. The molecule has 0 radical (unpaired) electrons. The lowest BCUT2D eigenvalue weighted by atomic mass is 10.4. The number of carbonyl (C=O) groups excluding carboxylic acids is 1. The van der Waals surface area contributed by atoms with Crippen LogP contribution >= 0.6 is 6.04 Å². The van der Waals surface area contributed by atoms with Gasteiger partial charge in [0.2, 0.25) is 5.91 Å². The van der Waals surface area contributed by atoms with Gasteiger partial charge in [-0.05, 0) is 16.8 Å². The molecule has 110 valence electrons.